The Bertz CT molecular complexity index is 529. The van der Waals surface area contributed by atoms with Gasteiger partial charge in [-0.15, -0.1) is 0 Å². The maximum absolute atomic E-state index is 11.8. The lowest BCUT2D eigenvalue weighted by molar-refractivity contribution is -0.385. The number of benzene rings is 1. The zero-order chi connectivity index (χ0) is 14.6. The molecule has 1 rings (SSSR count). The standard InChI is InChI=1S/C11H13N3O5/c1-6-3-2-4-7(14(18)19)9(6)11(17)13-5-8(15)10(12)16/h2-4,8,15H,5H2,1H3,(H2,12,16)(H,13,17). The van der Waals surface area contributed by atoms with Gasteiger partial charge in [0.05, 0.1) is 11.5 Å². The van der Waals surface area contributed by atoms with Crippen LogP contribution in [0, 0.1) is 17.0 Å². The van der Waals surface area contributed by atoms with Crippen LogP contribution in [-0.4, -0.2) is 34.5 Å². The molecule has 0 aliphatic rings. The summed E-state index contributed by atoms with van der Waals surface area (Å²) in [5.74, 6) is -1.73. The fraction of sp³-hybridized carbons (Fsp3) is 0.273. The zero-order valence-corrected chi connectivity index (χ0v) is 10.1. The molecule has 0 saturated heterocycles. The Morgan fingerprint density at radius 2 is 2.16 bits per heavy atom. The lowest BCUT2D eigenvalue weighted by Crippen LogP contribution is -2.40. The molecule has 1 aromatic carbocycles. The third-order valence-corrected chi connectivity index (χ3v) is 2.46. The first-order chi connectivity index (χ1) is 8.84. The number of nitrogens with one attached hydrogen (secondary N) is 1. The number of carbonyl (C=O) groups is 2. The van der Waals surface area contributed by atoms with Gasteiger partial charge in [0, 0.05) is 6.07 Å². The molecule has 0 aliphatic carbocycles. The number of primary amides is 1. The van der Waals surface area contributed by atoms with E-state index in [1.165, 1.54) is 12.1 Å². The number of rotatable bonds is 5. The van der Waals surface area contributed by atoms with Crippen molar-refractivity contribution < 1.29 is 19.6 Å². The van der Waals surface area contributed by atoms with Crippen LogP contribution in [0.25, 0.3) is 0 Å². The fourth-order valence-electron chi connectivity index (χ4n) is 1.48. The summed E-state index contributed by atoms with van der Waals surface area (Å²) in [5, 5.41) is 22.2. The number of nitrogens with two attached hydrogens (primary N) is 1. The van der Waals surface area contributed by atoms with Gasteiger partial charge in [-0.1, -0.05) is 12.1 Å². The Balaban J connectivity index is 2.94. The molecule has 1 aromatic rings. The molecule has 0 heterocycles. The molecule has 0 fully saturated rings. The monoisotopic (exact) mass is 267 g/mol. The predicted molar refractivity (Wildman–Crippen MR) is 65.4 cm³/mol. The summed E-state index contributed by atoms with van der Waals surface area (Å²) < 4.78 is 0. The number of nitrogens with zero attached hydrogens (tertiary/aromatic N) is 1. The third-order valence-electron chi connectivity index (χ3n) is 2.46. The van der Waals surface area contributed by atoms with Gasteiger partial charge < -0.3 is 16.2 Å². The van der Waals surface area contributed by atoms with Gasteiger partial charge in [-0.3, -0.25) is 19.7 Å². The Labute approximate surface area is 108 Å². The molecule has 0 radical (unpaired) electrons. The van der Waals surface area contributed by atoms with Gasteiger partial charge in [-0.05, 0) is 12.5 Å². The number of carbonyl (C=O) groups excluding carboxylic acids is 2. The van der Waals surface area contributed by atoms with E-state index in [0.717, 1.165) is 0 Å². The number of aliphatic hydroxyl groups excluding tert-OH is 1. The quantitative estimate of drug-likeness (QED) is 0.487. The lowest BCUT2D eigenvalue weighted by Gasteiger charge is -2.10. The van der Waals surface area contributed by atoms with E-state index >= 15 is 0 Å². The minimum atomic E-state index is -1.54. The largest absolute Gasteiger partial charge is 0.381 e. The molecule has 4 N–H and O–H groups in total. The third kappa shape index (κ3) is 3.49. The van der Waals surface area contributed by atoms with E-state index in [4.69, 9.17) is 10.8 Å². The molecule has 0 aliphatic heterocycles. The Hall–Kier alpha value is -2.48. The van der Waals surface area contributed by atoms with E-state index in [1.54, 1.807) is 13.0 Å². The van der Waals surface area contributed by atoms with Crippen molar-refractivity contribution in [2.24, 2.45) is 5.73 Å². The number of nitro benzene ring substituents is 1. The number of amides is 2. The van der Waals surface area contributed by atoms with Crippen LogP contribution in [-0.2, 0) is 4.79 Å². The van der Waals surface area contributed by atoms with Crippen LogP contribution in [0.15, 0.2) is 18.2 Å². The first kappa shape index (κ1) is 14.6. The van der Waals surface area contributed by atoms with E-state index in [9.17, 15) is 19.7 Å². The Kier molecular flexibility index (Phi) is 4.54. The SMILES string of the molecule is Cc1cccc([N+](=O)[O-])c1C(=O)NCC(O)C(N)=O. The lowest BCUT2D eigenvalue weighted by atomic mass is 10.1. The van der Waals surface area contributed by atoms with Crippen LogP contribution >= 0.6 is 0 Å². The molecule has 8 heteroatoms. The molecule has 1 unspecified atom stereocenters. The van der Waals surface area contributed by atoms with Crippen LogP contribution in [0.5, 0.6) is 0 Å². The number of hydrogen-bond acceptors (Lipinski definition) is 5. The molecule has 2 amide bonds. The van der Waals surface area contributed by atoms with Crippen LogP contribution in [0.2, 0.25) is 0 Å². The van der Waals surface area contributed by atoms with Crippen molar-refractivity contribution in [3.8, 4) is 0 Å². The Morgan fingerprint density at radius 1 is 1.53 bits per heavy atom. The van der Waals surface area contributed by atoms with E-state index in [1.807, 2.05) is 0 Å². The van der Waals surface area contributed by atoms with Gasteiger partial charge in [-0.2, -0.15) is 0 Å². The highest BCUT2D eigenvalue weighted by atomic mass is 16.6. The summed E-state index contributed by atoms with van der Waals surface area (Å²) in [4.78, 5) is 32.6. The molecular formula is C11H13N3O5. The van der Waals surface area contributed by atoms with E-state index in [0.29, 0.717) is 5.56 Å². The van der Waals surface area contributed by atoms with Crippen molar-refractivity contribution in [3.05, 3.63) is 39.4 Å². The minimum Gasteiger partial charge on any atom is -0.381 e. The summed E-state index contributed by atoms with van der Waals surface area (Å²) in [6.07, 6.45) is -1.54. The molecule has 8 nitrogen and oxygen atoms in total. The van der Waals surface area contributed by atoms with Crippen molar-refractivity contribution in [1.82, 2.24) is 5.32 Å². The maximum Gasteiger partial charge on any atom is 0.282 e. The topological polar surface area (TPSA) is 136 Å². The van der Waals surface area contributed by atoms with Crippen LogP contribution < -0.4 is 11.1 Å². The van der Waals surface area contributed by atoms with Gasteiger partial charge in [0.25, 0.3) is 11.6 Å². The smallest absolute Gasteiger partial charge is 0.282 e. The maximum atomic E-state index is 11.8. The second-order valence-electron chi connectivity index (χ2n) is 3.85. The number of nitro groups is 1. The van der Waals surface area contributed by atoms with Crippen molar-refractivity contribution in [2.45, 2.75) is 13.0 Å². The number of aryl methyl sites for hydroxylation is 1. The van der Waals surface area contributed by atoms with E-state index in [2.05, 4.69) is 5.32 Å². The van der Waals surface area contributed by atoms with Gasteiger partial charge in [-0.25, -0.2) is 0 Å². The van der Waals surface area contributed by atoms with Crippen molar-refractivity contribution in [2.75, 3.05) is 6.54 Å². The molecule has 102 valence electrons. The van der Waals surface area contributed by atoms with Crippen LogP contribution in [0.3, 0.4) is 0 Å². The van der Waals surface area contributed by atoms with Gasteiger partial charge in [0.1, 0.15) is 11.7 Å². The van der Waals surface area contributed by atoms with Crippen LogP contribution in [0.1, 0.15) is 15.9 Å². The highest BCUT2D eigenvalue weighted by Gasteiger charge is 2.23. The average molecular weight is 267 g/mol. The average Bonchev–Trinajstić information content (AvgIpc) is 2.34. The van der Waals surface area contributed by atoms with Crippen LogP contribution in [0.4, 0.5) is 5.69 Å². The molecule has 0 aromatic heterocycles. The van der Waals surface area contributed by atoms with E-state index in [-0.39, 0.29) is 11.3 Å². The fourth-order valence-corrected chi connectivity index (χ4v) is 1.48. The molecule has 19 heavy (non-hydrogen) atoms. The molecule has 0 spiro atoms. The summed E-state index contributed by atoms with van der Waals surface area (Å²) in [5.41, 5.74) is 4.79. The summed E-state index contributed by atoms with van der Waals surface area (Å²) in [6.45, 7) is 1.14. The second-order valence-corrected chi connectivity index (χ2v) is 3.85. The number of hydrogen-bond donors (Lipinski definition) is 3. The zero-order valence-electron chi connectivity index (χ0n) is 10.1. The first-order valence-corrected chi connectivity index (χ1v) is 5.34. The molecule has 1 atom stereocenters. The summed E-state index contributed by atoms with van der Waals surface area (Å²) in [7, 11) is 0. The molecule has 0 saturated carbocycles. The van der Waals surface area contributed by atoms with E-state index < -0.39 is 29.4 Å². The summed E-state index contributed by atoms with van der Waals surface area (Å²) >= 11 is 0. The van der Waals surface area contributed by atoms with Gasteiger partial charge in [0.15, 0.2) is 0 Å². The van der Waals surface area contributed by atoms with Gasteiger partial charge >= 0.3 is 0 Å². The van der Waals surface area contributed by atoms with Crippen molar-refractivity contribution in [3.63, 3.8) is 0 Å². The normalized spacial score (nSPS) is 11.7. The van der Waals surface area contributed by atoms with Crippen molar-refractivity contribution >= 4 is 17.5 Å². The first-order valence-electron chi connectivity index (χ1n) is 5.34. The highest BCUT2D eigenvalue weighted by Crippen LogP contribution is 2.21. The number of aliphatic hydroxyl groups is 1. The van der Waals surface area contributed by atoms with Gasteiger partial charge in [0.2, 0.25) is 5.91 Å². The Morgan fingerprint density at radius 3 is 2.68 bits per heavy atom. The molecule has 0 bridgehead atoms. The second kappa shape index (κ2) is 5.91. The van der Waals surface area contributed by atoms with Crippen molar-refractivity contribution in [1.29, 1.82) is 0 Å². The summed E-state index contributed by atoms with van der Waals surface area (Å²) in [6, 6.07) is 4.21. The highest BCUT2D eigenvalue weighted by molar-refractivity contribution is 5.99. The minimum absolute atomic E-state index is 0.107. The molecular weight excluding hydrogens is 254 g/mol. The predicted octanol–water partition coefficient (Wildman–Crippen LogP) is -0.521.